The van der Waals surface area contributed by atoms with Crippen LogP contribution in [-0.4, -0.2) is 37.8 Å². The molecular formula is C21H26ClN3O4. The summed E-state index contributed by atoms with van der Waals surface area (Å²) in [4.78, 5) is 25.6. The predicted molar refractivity (Wildman–Crippen MR) is 112 cm³/mol. The summed E-state index contributed by atoms with van der Waals surface area (Å²) in [6.07, 6.45) is 1.11. The first-order valence-corrected chi connectivity index (χ1v) is 9.53. The Bertz CT molecular complexity index is 937. The van der Waals surface area contributed by atoms with Crippen molar-refractivity contribution in [3.8, 4) is 11.5 Å². The van der Waals surface area contributed by atoms with E-state index in [2.05, 4.69) is 10.6 Å². The molecule has 8 heteroatoms. The van der Waals surface area contributed by atoms with Crippen LogP contribution in [-0.2, 0) is 13.1 Å². The Kier molecular flexibility index (Phi) is 6.49. The lowest BCUT2D eigenvalue weighted by Crippen LogP contribution is -2.46. The minimum atomic E-state index is -0.365. The summed E-state index contributed by atoms with van der Waals surface area (Å²) < 4.78 is 12.3. The molecule has 0 radical (unpaired) electrons. The Hall–Kier alpha value is -2.51. The van der Waals surface area contributed by atoms with Gasteiger partial charge in [-0.15, -0.1) is 12.4 Å². The number of amides is 1. The van der Waals surface area contributed by atoms with E-state index in [1.165, 1.54) is 0 Å². The Morgan fingerprint density at radius 3 is 2.59 bits per heavy atom. The molecule has 0 saturated carbocycles. The van der Waals surface area contributed by atoms with E-state index in [1.54, 1.807) is 30.9 Å². The van der Waals surface area contributed by atoms with E-state index in [0.29, 0.717) is 29.9 Å². The molecule has 7 nitrogen and oxygen atoms in total. The smallest absolute Gasteiger partial charge is 0.263 e. The second-order valence-corrected chi connectivity index (χ2v) is 7.45. The number of carbonyl (C=O) groups excluding carboxylic acids is 1. The van der Waals surface area contributed by atoms with E-state index in [9.17, 15) is 9.59 Å². The fourth-order valence-electron chi connectivity index (χ4n) is 4.21. The average molecular weight is 420 g/mol. The maximum atomic E-state index is 12.9. The fourth-order valence-corrected chi connectivity index (χ4v) is 4.21. The number of aromatic nitrogens is 1. The third-order valence-corrected chi connectivity index (χ3v) is 5.62. The first-order valence-electron chi connectivity index (χ1n) is 9.53. The molecule has 2 aliphatic heterocycles. The molecule has 156 valence electrons. The summed E-state index contributed by atoms with van der Waals surface area (Å²) in [5.41, 5.74) is 1.85. The summed E-state index contributed by atoms with van der Waals surface area (Å²) >= 11 is 0. The van der Waals surface area contributed by atoms with Gasteiger partial charge in [0, 0.05) is 37.3 Å². The molecule has 0 aliphatic carbocycles. The summed E-state index contributed by atoms with van der Waals surface area (Å²) in [5, 5.41) is 6.27. The lowest BCUT2D eigenvalue weighted by Gasteiger charge is -2.37. The Labute approximate surface area is 175 Å². The topological polar surface area (TPSA) is 81.6 Å². The number of hydrogen-bond donors (Lipinski definition) is 2. The SMILES string of the molecule is COc1cc(CNC(=O)c2ccc3n(c2=O)C[C@@H]2CNC[C@H]3C2)cc(OC)c1.Cl. The standard InChI is InChI=1S/C21H25N3O4.ClH/c1-27-16-6-13(7-17(8-16)28-2)10-23-20(25)18-3-4-19-15-5-14(9-22-11-15)12-24(19)21(18)26;/h3-4,6-8,14-15,22H,5,9-12H2,1-2H3,(H,23,25);1H/t14-,15+;/m0./s1. The van der Waals surface area contributed by atoms with Crippen LogP contribution in [0, 0.1) is 5.92 Å². The number of halogens is 1. The van der Waals surface area contributed by atoms with Crippen molar-refractivity contribution >= 4 is 18.3 Å². The molecule has 3 heterocycles. The molecule has 2 aliphatic rings. The van der Waals surface area contributed by atoms with Crippen LogP contribution in [0.5, 0.6) is 11.5 Å². The van der Waals surface area contributed by atoms with E-state index in [4.69, 9.17) is 9.47 Å². The summed E-state index contributed by atoms with van der Waals surface area (Å²) in [7, 11) is 3.16. The Morgan fingerprint density at radius 1 is 1.17 bits per heavy atom. The largest absolute Gasteiger partial charge is 0.497 e. The highest BCUT2D eigenvalue weighted by atomic mass is 35.5. The van der Waals surface area contributed by atoms with E-state index in [1.807, 2.05) is 18.2 Å². The maximum absolute atomic E-state index is 12.9. The van der Waals surface area contributed by atoms with E-state index < -0.39 is 0 Å². The highest BCUT2D eigenvalue weighted by molar-refractivity contribution is 5.93. The number of hydrogen-bond acceptors (Lipinski definition) is 5. The van der Waals surface area contributed by atoms with Crippen LogP contribution in [0.15, 0.2) is 35.1 Å². The number of fused-ring (bicyclic) bond motifs is 4. The van der Waals surface area contributed by atoms with Crippen molar-refractivity contribution in [1.29, 1.82) is 0 Å². The van der Waals surface area contributed by atoms with Gasteiger partial charge in [-0.1, -0.05) is 0 Å². The van der Waals surface area contributed by atoms with Crippen molar-refractivity contribution in [2.45, 2.75) is 25.4 Å². The van der Waals surface area contributed by atoms with Gasteiger partial charge in [-0.3, -0.25) is 9.59 Å². The van der Waals surface area contributed by atoms with Gasteiger partial charge in [-0.05, 0) is 48.7 Å². The first kappa shape index (κ1) is 21.2. The predicted octanol–water partition coefficient (Wildman–Crippen LogP) is 1.92. The lowest BCUT2D eigenvalue weighted by atomic mass is 9.84. The molecule has 1 aromatic heterocycles. The van der Waals surface area contributed by atoms with Gasteiger partial charge in [-0.25, -0.2) is 0 Å². The monoisotopic (exact) mass is 419 g/mol. The second-order valence-electron chi connectivity index (χ2n) is 7.45. The fraction of sp³-hybridized carbons (Fsp3) is 0.429. The van der Waals surface area contributed by atoms with Crippen LogP contribution in [0.4, 0.5) is 0 Å². The van der Waals surface area contributed by atoms with Gasteiger partial charge in [-0.2, -0.15) is 0 Å². The number of nitrogens with one attached hydrogen (secondary N) is 2. The van der Waals surface area contributed by atoms with Crippen LogP contribution in [0.25, 0.3) is 0 Å². The van der Waals surface area contributed by atoms with E-state index in [-0.39, 0.29) is 36.0 Å². The van der Waals surface area contributed by atoms with E-state index >= 15 is 0 Å². The Morgan fingerprint density at radius 2 is 1.90 bits per heavy atom. The van der Waals surface area contributed by atoms with Crippen LogP contribution in [0.3, 0.4) is 0 Å². The zero-order chi connectivity index (χ0) is 19.7. The third kappa shape index (κ3) is 4.26. The van der Waals surface area contributed by atoms with Gasteiger partial charge in [0.2, 0.25) is 0 Å². The zero-order valence-electron chi connectivity index (χ0n) is 16.6. The average Bonchev–Trinajstić information content (AvgIpc) is 2.72. The van der Waals surface area contributed by atoms with Crippen LogP contribution in [0.2, 0.25) is 0 Å². The van der Waals surface area contributed by atoms with Crippen molar-refractivity contribution in [3.05, 3.63) is 57.5 Å². The van der Waals surface area contributed by atoms with Gasteiger partial charge in [0.15, 0.2) is 0 Å². The van der Waals surface area contributed by atoms with Crippen molar-refractivity contribution in [3.63, 3.8) is 0 Å². The number of rotatable bonds is 5. The number of ether oxygens (including phenoxy) is 2. The van der Waals surface area contributed by atoms with Crippen molar-refractivity contribution in [1.82, 2.24) is 15.2 Å². The molecule has 2 bridgehead atoms. The highest BCUT2D eigenvalue weighted by Gasteiger charge is 2.31. The number of benzene rings is 1. The van der Waals surface area contributed by atoms with Crippen LogP contribution >= 0.6 is 12.4 Å². The molecule has 2 atom stereocenters. The second kappa shape index (κ2) is 8.88. The molecule has 1 fully saturated rings. The maximum Gasteiger partial charge on any atom is 0.263 e. The zero-order valence-corrected chi connectivity index (χ0v) is 17.4. The normalized spacial score (nSPS) is 19.5. The lowest BCUT2D eigenvalue weighted by molar-refractivity contribution is 0.0948. The minimum absolute atomic E-state index is 0. The van der Waals surface area contributed by atoms with Gasteiger partial charge in [0.25, 0.3) is 11.5 Å². The molecule has 1 amide bonds. The van der Waals surface area contributed by atoms with E-state index in [0.717, 1.165) is 30.8 Å². The quantitative estimate of drug-likeness (QED) is 0.773. The highest BCUT2D eigenvalue weighted by Crippen LogP contribution is 2.31. The molecule has 29 heavy (non-hydrogen) atoms. The molecule has 2 N–H and O–H groups in total. The van der Waals surface area contributed by atoms with Crippen molar-refractivity contribution < 1.29 is 14.3 Å². The summed E-state index contributed by atoms with van der Waals surface area (Å²) in [6.45, 7) is 2.77. The number of pyridine rings is 1. The van der Waals surface area contributed by atoms with Crippen LogP contribution < -0.4 is 25.7 Å². The van der Waals surface area contributed by atoms with Gasteiger partial charge < -0.3 is 24.7 Å². The molecule has 2 aromatic rings. The Balaban J connectivity index is 0.00000240. The van der Waals surface area contributed by atoms with Gasteiger partial charge in [0.1, 0.15) is 17.1 Å². The summed E-state index contributed by atoms with van der Waals surface area (Å²) in [5.74, 6) is 1.74. The molecule has 0 spiro atoms. The minimum Gasteiger partial charge on any atom is -0.497 e. The molecular weight excluding hydrogens is 394 g/mol. The number of methoxy groups -OCH3 is 2. The van der Waals surface area contributed by atoms with Gasteiger partial charge >= 0.3 is 0 Å². The van der Waals surface area contributed by atoms with Crippen LogP contribution in [0.1, 0.15) is 34.0 Å². The first-order chi connectivity index (χ1) is 13.6. The number of piperidine rings is 1. The third-order valence-electron chi connectivity index (χ3n) is 5.62. The molecule has 1 aromatic carbocycles. The molecule has 4 rings (SSSR count). The summed E-state index contributed by atoms with van der Waals surface area (Å²) in [6, 6.07) is 9.02. The molecule has 1 saturated heterocycles. The number of nitrogens with zero attached hydrogens (tertiary/aromatic N) is 1. The van der Waals surface area contributed by atoms with Gasteiger partial charge in [0.05, 0.1) is 14.2 Å². The van der Waals surface area contributed by atoms with Crippen molar-refractivity contribution in [2.24, 2.45) is 5.92 Å². The number of carbonyl (C=O) groups is 1. The van der Waals surface area contributed by atoms with Crippen molar-refractivity contribution in [2.75, 3.05) is 27.3 Å². The molecule has 0 unspecified atom stereocenters.